The number of rotatable bonds is 0. The summed E-state index contributed by atoms with van der Waals surface area (Å²) in [7, 11) is 0. The molecule has 0 aliphatic carbocycles. The summed E-state index contributed by atoms with van der Waals surface area (Å²) in [6, 6.07) is 0. The highest BCUT2D eigenvalue weighted by atomic mass is 16.3. The summed E-state index contributed by atoms with van der Waals surface area (Å²) in [5.41, 5.74) is 2.44. The van der Waals surface area contributed by atoms with Crippen LogP contribution in [0, 0.1) is 5.41 Å². The number of carbonyl (C=O) groups is 1. The van der Waals surface area contributed by atoms with Crippen molar-refractivity contribution in [1.29, 1.82) is 0 Å². The molecule has 1 heterocycles. The molecule has 0 unspecified atom stereocenters. The SMILES string of the molecule is CC1=NNC(=O)[C@@H](O)C1(C)C. The Balaban J connectivity index is 3.00. The molecule has 1 rings (SSSR count). The normalized spacial score (nSPS) is 29.3. The van der Waals surface area contributed by atoms with Crippen molar-refractivity contribution in [3.8, 4) is 0 Å². The van der Waals surface area contributed by atoms with E-state index in [0.29, 0.717) is 0 Å². The van der Waals surface area contributed by atoms with E-state index in [0.717, 1.165) is 5.71 Å². The topological polar surface area (TPSA) is 61.7 Å². The summed E-state index contributed by atoms with van der Waals surface area (Å²) in [5.74, 6) is -0.430. The maximum absolute atomic E-state index is 10.9. The maximum Gasteiger partial charge on any atom is 0.269 e. The molecule has 2 N–H and O–H groups in total. The number of amides is 1. The zero-order chi connectivity index (χ0) is 8.65. The van der Waals surface area contributed by atoms with Crippen molar-refractivity contribution < 1.29 is 9.90 Å². The smallest absolute Gasteiger partial charge is 0.269 e. The van der Waals surface area contributed by atoms with Gasteiger partial charge in [-0.25, -0.2) is 5.43 Å². The zero-order valence-electron chi connectivity index (χ0n) is 6.88. The number of hydrogen-bond acceptors (Lipinski definition) is 3. The largest absolute Gasteiger partial charge is 0.382 e. The number of hydrogen-bond donors (Lipinski definition) is 2. The number of nitrogens with zero attached hydrogens (tertiary/aromatic N) is 1. The summed E-state index contributed by atoms with van der Waals surface area (Å²) < 4.78 is 0. The molecule has 0 saturated heterocycles. The van der Waals surface area contributed by atoms with Gasteiger partial charge < -0.3 is 5.11 Å². The molecule has 1 amide bonds. The van der Waals surface area contributed by atoms with Gasteiger partial charge in [-0.1, -0.05) is 13.8 Å². The summed E-state index contributed by atoms with van der Waals surface area (Å²) >= 11 is 0. The van der Waals surface area contributed by atoms with E-state index in [1.54, 1.807) is 20.8 Å². The molecule has 1 atom stereocenters. The molecule has 4 nitrogen and oxygen atoms in total. The van der Waals surface area contributed by atoms with Crippen LogP contribution in [0.4, 0.5) is 0 Å². The van der Waals surface area contributed by atoms with Crippen LogP contribution in [0.2, 0.25) is 0 Å². The highest BCUT2D eigenvalue weighted by molar-refractivity contribution is 5.98. The predicted molar refractivity (Wildman–Crippen MR) is 41.0 cm³/mol. The van der Waals surface area contributed by atoms with E-state index in [1.165, 1.54) is 0 Å². The van der Waals surface area contributed by atoms with E-state index in [2.05, 4.69) is 10.5 Å². The second kappa shape index (κ2) is 2.30. The number of hydrazone groups is 1. The molecule has 0 aromatic heterocycles. The van der Waals surface area contributed by atoms with Gasteiger partial charge in [-0.2, -0.15) is 5.10 Å². The Bertz CT molecular complexity index is 220. The lowest BCUT2D eigenvalue weighted by atomic mass is 9.81. The Morgan fingerprint density at radius 3 is 2.64 bits per heavy atom. The quantitative estimate of drug-likeness (QED) is 0.513. The number of aliphatic hydroxyl groups is 1. The van der Waals surface area contributed by atoms with Crippen LogP contribution in [0.5, 0.6) is 0 Å². The van der Waals surface area contributed by atoms with Crippen LogP contribution in [0.1, 0.15) is 20.8 Å². The van der Waals surface area contributed by atoms with Crippen LogP contribution in [-0.4, -0.2) is 22.8 Å². The molecular formula is C7H12N2O2. The molecular weight excluding hydrogens is 144 g/mol. The number of carbonyl (C=O) groups excluding carboxylic acids is 1. The van der Waals surface area contributed by atoms with Crippen molar-refractivity contribution in [2.75, 3.05) is 0 Å². The average Bonchev–Trinajstić information content (AvgIpc) is 1.95. The minimum atomic E-state index is -0.986. The van der Waals surface area contributed by atoms with Crippen molar-refractivity contribution in [3.05, 3.63) is 0 Å². The Kier molecular flexibility index (Phi) is 1.72. The molecule has 4 heteroatoms. The molecule has 0 spiro atoms. The molecule has 0 bridgehead atoms. The Hall–Kier alpha value is -0.900. The number of nitrogens with one attached hydrogen (secondary N) is 1. The fourth-order valence-corrected chi connectivity index (χ4v) is 0.870. The third-order valence-electron chi connectivity index (χ3n) is 2.20. The molecule has 11 heavy (non-hydrogen) atoms. The van der Waals surface area contributed by atoms with Gasteiger partial charge in [0.15, 0.2) is 0 Å². The van der Waals surface area contributed by atoms with Gasteiger partial charge >= 0.3 is 0 Å². The van der Waals surface area contributed by atoms with E-state index in [4.69, 9.17) is 0 Å². The minimum Gasteiger partial charge on any atom is -0.382 e. The summed E-state index contributed by atoms with van der Waals surface area (Å²) in [6.45, 7) is 5.35. The van der Waals surface area contributed by atoms with Crippen molar-refractivity contribution in [1.82, 2.24) is 5.43 Å². The average molecular weight is 156 g/mol. The van der Waals surface area contributed by atoms with Gasteiger partial charge in [0.05, 0.1) is 0 Å². The molecule has 0 radical (unpaired) electrons. The van der Waals surface area contributed by atoms with Crippen LogP contribution in [0.25, 0.3) is 0 Å². The zero-order valence-corrected chi connectivity index (χ0v) is 6.88. The highest BCUT2D eigenvalue weighted by Crippen LogP contribution is 2.25. The summed E-state index contributed by atoms with van der Waals surface area (Å²) in [4.78, 5) is 10.9. The van der Waals surface area contributed by atoms with Crippen molar-refractivity contribution >= 4 is 11.6 Å². The van der Waals surface area contributed by atoms with Crippen molar-refractivity contribution in [2.45, 2.75) is 26.9 Å². The molecule has 0 fully saturated rings. The van der Waals surface area contributed by atoms with E-state index in [-0.39, 0.29) is 0 Å². The molecule has 0 saturated carbocycles. The van der Waals surface area contributed by atoms with Gasteiger partial charge in [0.25, 0.3) is 5.91 Å². The van der Waals surface area contributed by atoms with Crippen LogP contribution in [0.15, 0.2) is 5.10 Å². The first-order valence-corrected chi connectivity index (χ1v) is 3.49. The summed E-state index contributed by atoms with van der Waals surface area (Å²) in [6.07, 6.45) is -0.986. The third-order valence-corrected chi connectivity index (χ3v) is 2.20. The Labute approximate surface area is 65.3 Å². The maximum atomic E-state index is 10.9. The van der Waals surface area contributed by atoms with Crippen LogP contribution in [0.3, 0.4) is 0 Å². The Morgan fingerprint density at radius 2 is 2.18 bits per heavy atom. The second-order valence-corrected chi connectivity index (χ2v) is 3.30. The van der Waals surface area contributed by atoms with Gasteiger partial charge in [0.2, 0.25) is 0 Å². The van der Waals surface area contributed by atoms with Gasteiger partial charge in [0.1, 0.15) is 6.10 Å². The van der Waals surface area contributed by atoms with E-state index >= 15 is 0 Å². The minimum absolute atomic E-state index is 0.430. The standard InChI is InChI=1S/C7H12N2O2/c1-4-7(2,3)5(10)6(11)9-8-4/h5,10H,1-3H3,(H,9,11)/t5-/m1/s1. The lowest BCUT2D eigenvalue weighted by Gasteiger charge is -2.32. The highest BCUT2D eigenvalue weighted by Gasteiger charge is 2.39. The predicted octanol–water partition coefficient (Wildman–Crippen LogP) is -0.121. The number of aliphatic hydroxyl groups excluding tert-OH is 1. The fraction of sp³-hybridized carbons (Fsp3) is 0.714. The fourth-order valence-electron chi connectivity index (χ4n) is 0.870. The monoisotopic (exact) mass is 156 g/mol. The van der Waals surface area contributed by atoms with Gasteiger partial charge in [-0.05, 0) is 6.92 Å². The molecule has 62 valence electrons. The third kappa shape index (κ3) is 1.14. The van der Waals surface area contributed by atoms with E-state index in [1.807, 2.05) is 0 Å². The molecule has 0 aromatic carbocycles. The van der Waals surface area contributed by atoms with Crippen molar-refractivity contribution in [3.63, 3.8) is 0 Å². The van der Waals surface area contributed by atoms with Crippen LogP contribution >= 0.6 is 0 Å². The Morgan fingerprint density at radius 1 is 1.64 bits per heavy atom. The van der Waals surface area contributed by atoms with Gasteiger partial charge in [-0.3, -0.25) is 4.79 Å². The lowest BCUT2D eigenvalue weighted by molar-refractivity contribution is -0.134. The first-order chi connectivity index (χ1) is 4.96. The summed E-state index contributed by atoms with van der Waals surface area (Å²) in [5, 5.41) is 13.2. The van der Waals surface area contributed by atoms with Crippen LogP contribution in [-0.2, 0) is 4.79 Å². The van der Waals surface area contributed by atoms with Gasteiger partial charge in [-0.15, -0.1) is 0 Å². The first kappa shape index (κ1) is 8.20. The molecule has 1 aliphatic heterocycles. The first-order valence-electron chi connectivity index (χ1n) is 3.49. The van der Waals surface area contributed by atoms with E-state index < -0.39 is 17.4 Å². The van der Waals surface area contributed by atoms with Crippen molar-refractivity contribution in [2.24, 2.45) is 10.5 Å². The lowest BCUT2D eigenvalue weighted by Crippen LogP contribution is -2.50. The molecule has 1 aliphatic rings. The van der Waals surface area contributed by atoms with Gasteiger partial charge in [0, 0.05) is 11.1 Å². The van der Waals surface area contributed by atoms with E-state index in [9.17, 15) is 9.90 Å². The van der Waals surface area contributed by atoms with Crippen LogP contribution < -0.4 is 5.43 Å². The second-order valence-electron chi connectivity index (χ2n) is 3.30. The molecule has 0 aromatic rings.